The van der Waals surface area contributed by atoms with Gasteiger partial charge < -0.3 is 21.1 Å². The minimum absolute atomic E-state index is 0.258. The first-order chi connectivity index (χ1) is 6.07. The highest BCUT2D eigenvalue weighted by molar-refractivity contribution is 7.99. The molecule has 0 rings (SSSR count). The number of carboxylic acids is 1. The van der Waals surface area contributed by atoms with Gasteiger partial charge in [-0.25, -0.2) is 0 Å². The average Bonchev–Trinajstić information content (AvgIpc) is 2.11. The molecule has 0 spiro atoms. The molecule has 0 saturated carbocycles. The monoisotopic (exact) mass is 209 g/mol. The predicted octanol–water partition coefficient (Wildman–Crippen LogP) is -1.13. The number of nitrogens with two attached hydrogens (primary N) is 1. The molecule has 0 aromatic heterocycles. The number of carboxylic acid groups (broad SMARTS) is 1. The van der Waals surface area contributed by atoms with Crippen LogP contribution in [0.15, 0.2) is 0 Å². The van der Waals surface area contributed by atoms with Crippen LogP contribution in [0.2, 0.25) is 0 Å². The number of aliphatic hydroxyl groups is 2. The molecular weight excluding hydrogens is 194 g/mol. The summed E-state index contributed by atoms with van der Waals surface area (Å²) in [5.41, 5.74) is 5.23. The van der Waals surface area contributed by atoms with Crippen molar-refractivity contribution in [3.63, 3.8) is 0 Å². The number of aliphatic hydroxyl groups excluding tert-OH is 2. The lowest BCUT2D eigenvalue weighted by molar-refractivity contribution is -0.137. The van der Waals surface area contributed by atoms with Crippen LogP contribution in [0.1, 0.15) is 6.42 Å². The molecule has 0 aliphatic heterocycles. The molecule has 0 radical (unpaired) electrons. The highest BCUT2D eigenvalue weighted by Crippen LogP contribution is 2.06. The minimum Gasteiger partial charge on any atom is -0.480 e. The van der Waals surface area contributed by atoms with Crippen LogP contribution in [0.4, 0.5) is 0 Å². The zero-order chi connectivity index (χ0) is 10.3. The molecule has 2 atom stereocenters. The van der Waals surface area contributed by atoms with Crippen molar-refractivity contribution in [2.75, 3.05) is 18.1 Å². The zero-order valence-electron chi connectivity index (χ0n) is 7.22. The Morgan fingerprint density at radius 2 is 2.15 bits per heavy atom. The van der Waals surface area contributed by atoms with Crippen molar-refractivity contribution >= 4 is 17.7 Å². The minimum atomic E-state index is -1.02. The largest absolute Gasteiger partial charge is 0.480 e. The van der Waals surface area contributed by atoms with E-state index < -0.39 is 18.1 Å². The molecule has 2 unspecified atom stereocenters. The molecule has 0 bridgehead atoms. The van der Waals surface area contributed by atoms with Crippen molar-refractivity contribution in [3.8, 4) is 0 Å². The second-order valence-electron chi connectivity index (χ2n) is 2.64. The zero-order valence-corrected chi connectivity index (χ0v) is 8.04. The summed E-state index contributed by atoms with van der Waals surface area (Å²) in [5, 5.41) is 25.8. The maximum atomic E-state index is 10.3. The molecule has 0 heterocycles. The lowest BCUT2D eigenvalue weighted by atomic mass is 10.3. The fourth-order valence-corrected chi connectivity index (χ4v) is 1.59. The van der Waals surface area contributed by atoms with E-state index in [1.54, 1.807) is 0 Å². The molecule has 0 aromatic rings. The second kappa shape index (κ2) is 7.14. The topological polar surface area (TPSA) is 104 Å². The number of rotatable bonds is 7. The second-order valence-corrected chi connectivity index (χ2v) is 3.79. The number of carbonyl (C=O) groups is 1. The Bertz CT molecular complexity index is 155. The van der Waals surface area contributed by atoms with Gasteiger partial charge in [0.1, 0.15) is 6.04 Å². The molecule has 0 fully saturated rings. The van der Waals surface area contributed by atoms with E-state index in [4.69, 9.17) is 21.1 Å². The average molecular weight is 209 g/mol. The lowest BCUT2D eigenvalue weighted by Gasteiger charge is -2.08. The first-order valence-electron chi connectivity index (χ1n) is 3.93. The Morgan fingerprint density at radius 3 is 2.62 bits per heavy atom. The van der Waals surface area contributed by atoms with E-state index >= 15 is 0 Å². The summed E-state index contributed by atoms with van der Waals surface area (Å²) in [6, 6.07) is -0.851. The van der Waals surface area contributed by atoms with Gasteiger partial charge in [-0.3, -0.25) is 4.79 Å². The van der Waals surface area contributed by atoms with Crippen LogP contribution >= 0.6 is 11.8 Å². The molecule has 6 heteroatoms. The number of hydrogen-bond acceptors (Lipinski definition) is 5. The summed E-state index contributed by atoms with van der Waals surface area (Å²) in [6.45, 7) is -0.258. The highest BCUT2D eigenvalue weighted by atomic mass is 32.2. The third-order valence-electron chi connectivity index (χ3n) is 1.42. The molecule has 5 nitrogen and oxygen atoms in total. The van der Waals surface area contributed by atoms with E-state index in [0.29, 0.717) is 17.9 Å². The van der Waals surface area contributed by atoms with Crippen LogP contribution < -0.4 is 5.73 Å². The molecular formula is C7H15NO4S. The quantitative estimate of drug-likeness (QED) is 0.396. The normalized spacial score (nSPS) is 15.3. The third kappa shape index (κ3) is 6.83. The van der Waals surface area contributed by atoms with Gasteiger partial charge in [0.15, 0.2) is 0 Å². The van der Waals surface area contributed by atoms with E-state index in [0.717, 1.165) is 0 Å². The number of hydrogen-bond donors (Lipinski definition) is 4. The van der Waals surface area contributed by atoms with Gasteiger partial charge in [-0.05, 0) is 12.2 Å². The Hall–Kier alpha value is -0.300. The van der Waals surface area contributed by atoms with Crippen LogP contribution in [0.5, 0.6) is 0 Å². The van der Waals surface area contributed by atoms with Crippen molar-refractivity contribution in [3.05, 3.63) is 0 Å². The fraction of sp³-hybridized carbons (Fsp3) is 0.857. The standard InChI is InChI=1S/C7H15NO4S/c8-6(7(11)12)4-13-2-1-5(10)3-9/h5-6,9-10H,1-4,8H2,(H,11,12). The van der Waals surface area contributed by atoms with Gasteiger partial charge in [-0.15, -0.1) is 0 Å². The van der Waals surface area contributed by atoms with Crippen molar-refractivity contribution in [2.24, 2.45) is 5.73 Å². The van der Waals surface area contributed by atoms with E-state index in [2.05, 4.69) is 0 Å². The van der Waals surface area contributed by atoms with Crippen LogP contribution in [-0.2, 0) is 4.79 Å². The van der Waals surface area contributed by atoms with Crippen molar-refractivity contribution in [1.82, 2.24) is 0 Å². The Kier molecular flexibility index (Phi) is 6.97. The Labute approximate surface area is 80.9 Å². The molecule has 0 aliphatic carbocycles. The Morgan fingerprint density at radius 1 is 1.54 bits per heavy atom. The van der Waals surface area contributed by atoms with E-state index in [9.17, 15) is 4.79 Å². The summed E-state index contributed by atoms with van der Waals surface area (Å²) >= 11 is 1.36. The van der Waals surface area contributed by atoms with Crippen molar-refractivity contribution < 1.29 is 20.1 Å². The van der Waals surface area contributed by atoms with Gasteiger partial charge in [0.25, 0.3) is 0 Å². The molecule has 0 aliphatic rings. The first-order valence-corrected chi connectivity index (χ1v) is 5.08. The molecule has 0 saturated heterocycles. The van der Waals surface area contributed by atoms with Crippen LogP contribution in [0.3, 0.4) is 0 Å². The lowest BCUT2D eigenvalue weighted by Crippen LogP contribution is -2.32. The predicted molar refractivity (Wildman–Crippen MR) is 50.6 cm³/mol. The van der Waals surface area contributed by atoms with Gasteiger partial charge in [0.2, 0.25) is 0 Å². The molecule has 13 heavy (non-hydrogen) atoms. The van der Waals surface area contributed by atoms with Gasteiger partial charge in [0.05, 0.1) is 12.7 Å². The summed E-state index contributed by atoms with van der Waals surface area (Å²) in [5.74, 6) is -0.0916. The van der Waals surface area contributed by atoms with Gasteiger partial charge in [0, 0.05) is 5.75 Å². The SMILES string of the molecule is NC(CSCCC(O)CO)C(=O)O. The maximum absolute atomic E-state index is 10.3. The van der Waals surface area contributed by atoms with Crippen LogP contribution in [0, 0.1) is 0 Å². The molecule has 5 N–H and O–H groups in total. The summed E-state index contributed by atoms with van der Waals surface area (Å²) < 4.78 is 0. The van der Waals surface area contributed by atoms with Gasteiger partial charge in [-0.2, -0.15) is 11.8 Å². The number of aliphatic carboxylic acids is 1. The number of thioether (sulfide) groups is 1. The van der Waals surface area contributed by atoms with Crippen molar-refractivity contribution in [2.45, 2.75) is 18.6 Å². The van der Waals surface area contributed by atoms with Gasteiger partial charge in [-0.1, -0.05) is 0 Å². The van der Waals surface area contributed by atoms with Crippen molar-refractivity contribution in [1.29, 1.82) is 0 Å². The van der Waals surface area contributed by atoms with Gasteiger partial charge >= 0.3 is 5.97 Å². The molecule has 0 amide bonds. The smallest absolute Gasteiger partial charge is 0.321 e. The maximum Gasteiger partial charge on any atom is 0.321 e. The molecule has 0 aromatic carbocycles. The Balaban J connectivity index is 3.30. The van der Waals surface area contributed by atoms with E-state index in [1.165, 1.54) is 11.8 Å². The third-order valence-corrected chi connectivity index (χ3v) is 2.54. The fourth-order valence-electron chi connectivity index (χ4n) is 0.592. The van der Waals surface area contributed by atoms with Crippen LogP contribution in [0.25, 0.3) is 0 Å². The summed E-state index contributed by atoms with van der Waals surface area (Å²) in [6.07, 6.45) is -0.262. The highest BCUT2D eigenvalue weighted by Gasteiger charge is 2.11. The summed E-state index contributed by atoms with van der Waals surface area (Å²) in [4.78, 5) is 10.3. The van der Waals surface area contributed by atoms with E-state index in [1.807, 2.05) is 0 Å². The first kappa shape index (κ1) is 12.7. The van der Waals surface area contributed by atoms with E-state index in [-0.39, 0.29) is 6.61 Å². The molecule has 78 valence electrons. The summed E-state index contributed by atoms with van der Waals surface area (Å²) in [7, 11) is 0. The van der Waals surface area contributed by atoms with Crippen LogP contribution in [-0.4, -0.2) is 51.5 Å².